The van der Waals surface area contributed by atoms with E-state index in [1.807, 2.05) is 0 Å². The molecule has 0 aliphatic heterocycles. The Kier molecular flexibility index (Phi) is 3.10. The Hall–Kier alpha value is -0.330. The molecule has 1 aliphatic rings. The van der Waals surface area contributed by atoms with Crippen LogP contribution in [0.1, 0.15) is 46.0 Å². The summed E-state index contributed by atoms with van der Waals surface area (Å²) in [4.78, 5) is 11.5. The molecule has 1 heteroatoms. The molecule has 0 heterocycles. The van der Waals surface area contributed by atoms with Crippen molar-refractivity contribution >= 4 is 5.78 Å². The summed E-state index contributed by atoms with van der Waals surface area (Å²) in [6.45, 7) is 4.32. The molecule has 1 unspecified atom stereocenters. The van der Waals surface area contributed by atoms with E-state index < -0.39 is 0 Å². The molecule has 1 fully saturated rings. The number of rotatable bonds is 1. The van der Waals surface area contributed by atoms with Crippen LogP contribution < -0.4 is 0 Å². The van der Waals surface area contributed by atoms with Gasteiger partial charge in [-0.1, -0.05) is 26.7 Å². The smallest absolute Gasteiger partial charge is 0.136 e. The number of hydrogen-bond donors (Lipinski definition) is 0. The van der Waals surface area contributed by atoms with Crippen LogP contribution in [0.5, 0.6) is 0 Å². The van der Waals surface area contributed by atoms with Gasteiger partial charge in [0, 0.05) is 12.3 Å². The third-order valence-corrected chi connectivity index (χ3v) is 2.66. The van der Waals surface area contributed by atoms with Crippen LogP contribution in [-0.2, 0) is 4.79 Å². The second-order valence-electron chi connectivity index (χ2n) is 3.92. The van der Waals surface area contributed by atoms with Gasteiger partial charge < -0.3 is 0 Å². The van der Waals surface area contributed by atoms with Crippen molar-refractivity contribution in [1.82, 2.24) is 0 Å². The first-order valence-electron chi connectivity index (χ1n) is 4.74. The Balaban J connectivity index is 2.52. The summed E-state index contributed by atoms with van der Waals surface area (Å²) in [6, 6.07) is 0. The highest BCUT2D eigenvalue weighted by molar-refractivity contribution is 5.81. The largest absolute Gasteiger partial charge is 0.299 e. The highest BCUT2D eigenvalue weighted by atomic mass is 16.1. The lowest BCUT2D eigenvalue weighted by Gasteiger charge is -2.16. The standard InChI is InChI=1S/C10H18O/c1-8(2)9-6-4-3-5-7-10(9)11/h8-9H,3-7H2,1-2H3. The van der Waals surface area contributed by atoms with Crippen molar-refractivity contribution in [2.24, 2.45) is 11.8 Å². The van der Waals surface area contributed by atoms with E-state index in [1.165, 1.54) is 12.8 Å². The molecule has 0 amide bonds. The van der Waals surface area contributed by atoms with E-state index in [0.29, 0.717) is 17.6 Å². The first-order valence-corrected chi connectivity index (χ1v) is 4.74. The molecule has 0 saturated heterocycles. The summed E-state index contributed by atoms with van der Waals surface area (Å²) in [5, 5.41) is 0. The molecule has 64 valence electrons. The number of ketones is 1. The van der Waals surface area contributed by atoms with E-state index in [2.05, 4.69) is 13.8 Å². The zero-order valence-corrected chi connectivity index (χ0v) is 7.60. The molecule has 0 aromatic heterocycles. The lowest BCUT2D eigenvalue weighted by atomic mass is 9.88. The first-order chi connectivity index (χ1) is 5.22. The third-order valence-electron chi connectivity index (χ3n) is 2.66. The Morgan fingerprint density at radius 1 is 1.27 bits per heavy atom. The molecule has 11 heavy (non-hydrogen) atoms. The van der Waals surface area contributed by atoms with Crippen molar-refractivity contribution in [1.29, 1.82) is 0 Å². The van der Waals surface area contributed by atoms with Gasteiger partial charge in [0.05, 0.1) is 0 Å². The maximum atomic E-state index is 11.5. The first kappa shape index (κ1) is 8.76. The average molecular weight is 154 g/mol. The number of Topliss-reactive ketones (excluding diaryl/α,β-unsaturated/α-hetero) is 1. The Morgan fingerprint density at radius 3 is 2.64 bits per heavy atom. The van der Waals surface area contributed by atoms with Crippen molar-refractivity contribution in [3.05, 3.63) is 0 Å². The maximum Gasteiger partial charge on any atom is 0.136 e. The summed E-state index contributed by atoms with van der Waals surface area (Å²) < 4.78 is 0. The predicted molar refractivity (Wildman–Crippen MR) is 46.4 cm³/mol. The van der Waals surface area contributed by atoms with E-state index in [-0.39, 0.29) is 0 Å². The van der Waals surface area contributed by atoms with Crippen LogP contribution in [0.3, 0.4) is 0 Å². The molecule has 0 N–H and O–H groups in total. The summed E-state index contributed by atoms with van der Waals surface area (Å²) in [5.41, 5.74) is 0. The van der Waals surface area contributed by atoms with Gasteiger partial charge in [0.15, 0.2) is 0 Å². The zero-order chi connectivity index (χ0) is 8.27. The lowest BCUT2D eigenvalue weighted by molar-refractivity contribution is -0.123. The highest BCUT2D eigenvalue weighted by Gasteiger charge is 2.22. The Morgan fingerprint density at radius 2 is 2.00 bits per heavy atom. The zero-order valence-electron chi connectivity index (χ0n) is 7.60. The van der Waals surface area contributed by atoms with Gasteiger partial charge in [-0.05, 0) is 18.8 Å². The van der Waals surface area contributed by atoms with Gasteiger partial charge in [-0.2, -0.15) is 0 Å². The molecule has 1 nitrogen and oxygen atoms in total. The van der Waals surface area contributed by atoms with Gasteiger partial charge in [0.25, 0.3) is 0 Å². The van der Waals surface area contributed by atoms with Crippen LogP contribution in [0, 0.1) is 11.8 Å². The number of hydrogen-bond acceptors (Lipinski definition) is 1. The van der Waals surface area contributed by atoms with E-state index in [4.69, 9.17) is 0 Å². The van der Waals surface area contributed by atoms with Gasteiger partial charge in [-0.15, -0.1) is 0 Å². The predicted octanol–water partition coefficient (Wildman–Crippen LogP) is 2.79. The molecule has 1 aliphatic carbocycles. The molecule has 0 bridgehead atoms. The SMILES string of the molecule is CC(C)C1CCCCCC1=O. The maximum absolute atomic E-state index is 11.5. The van der Waals surface area contributed by atoms with Crippen molar-refractivity contribution in [3.8, 4) is 0 Å². The highest BCUT2D eigenvalue weighted by Crippen LogP contribution is 2.25. The summed E-state index contributed by atoms with van der Waals surface area (Å²) in [6.07, 6.45) is 5.62. The fraction of sp³-hybridized carbons (Fsp3) is 0.900. The second kappa shape index (κ2) is 3.89. The quantitative estimate of drug-likeness (QED) is 0.531. The van der Waals surface area contributed by atoms with Crippen molar-refractivity contribution in [3.63, 3.8) is 0 Å². The van der Waals surface area contributed by atoms with Crippen LogP contribution in [-0.4, -0.2) is 5.78 Å². The lowest BCUT2D eigenvalue weighted by Crippen LogP contribution is -2.18. The fourth-order valence-electron chi connectivity index (χ4n) is 1.89. The molecule has 1 atom stereocenters. The van der Waals surface area contributed by atoms with Gasteiger partial charge in [-0.25, -0.2) is 0 Å². The second-order valence-corrected chi connectivity index (χ2v) is 3.92. The van der Waals surface area contributed by atoms with E-state index in [9.17, 15) is 4.79 Å². The molecule has 0 aromatic carbocycles. The van der Waals surface area contributed by atoms with Crippen LogP contribution in [0.25, 0.3) is 0 Å². The van der Waals surface area contributed by atoms with Gasteiger partial charge in [0.2, 0.25) is 0 Å². The summed E-state index contributed by atoms with van der Waals surface area (Å²) >= 11 is 0. The summed E-state index contributed by atoms with van der Waals surface area (Å²) in [7, 11) is 0. The number of carbonyl (C=O) groups is 1. The fourth-order valence-corrected chi connectivity index (χ4v) is 1.89. The molecule has 0 radical (unpaired) electrons. The molecule has 0 spiro atoms. The topological polar surface area (TPSA) is 17.1 Å². The Labute approximate surface area is 69.2 Å². The summed E-state index contributed by atoms with van der Waals surface area (Å²) in [5.74, 6) is 1.44. The number of carbonyl (C=O) groups excluding carboxylic acids is 1. The average Bonchev–Trinajstić information content (AvgIpc) is 2.13. The van der Waals surface area contributed by atoms with E-state index in [1.54, 1.807) is 0 Å². The minimum Gasteiger partial charge on any atom is -0.299 e. The van der Waals surface area contributed by atoms with Gasteiger partial charge >= 0.3 is 0 Å². The molecule has 1 rings (SSSR count). The normalized spacial score (nSPS) is 27.2. The van der Waals surface area contributed by atoms with Gasteiger partial charge in [-0.3, -0.25) is 4.79 Å². The van der Waals surface area contributed by atoms with E-state index >= 15 is 0 Å². The van der Waals surface area contributed by atoms with Crippen LogP contribution >= 0.6 is 0 Å². The van der Waals surface area contributed by atoms with Crippen molar-refractivity contribution in [2.45, 2.75) is 46.0 Å². The minimum absolute atomic E-state index is 0.373. The molecule has 0 aromatic rings. The van der Waals surface area contributed by atoms with Crippen LogP contribution in [0.4, 0.5) is 0 Å². The van der Waals surface area contributed by atoms with Crippen molar-refractivity contribution < 1.29 is 4.79 Å². The molecule has 1 saturated carbocycles. The monoisotopic (exact) mass is 154 g/mol. The molecular weight excluding hydrogens is 136 g/mol. The van der Waals surface area contributed by atoms with Crippen LogP contribution in [0.15, 0.2) is 0 Å². The van der Waals surface area contributed by atoms with E-state index in [0.717, 1.165) is 19.3 Å². The molecular formula is C10H18O. The van der Waals surface area contributed by atoms with Crippen LogP contribution in [0.2, 0.25) is 0 Å². The third kappa shape index (κ3) is 2.32. The Bertz CT molecular complexity index is 138. The minimum atomic E-state index is 0.373. The van der Waals surface area contributed by atoms with Gasteiger partial charge in [0.1, 0.15) is 5.78 Å². The van der Waals surface area contributed by atoms with Crippen molar-refractivity contribution in [2.75, 3.05) is 0 Å².